The minimum Gasteiger partial charge on any atom is -0.485 e. The monoisotopic (exact) mass is 411 g/mol. The fraction of sp³-hybridized carbons (Fsp3) is 0.250. The molecule has 2 amide bonds. The maximum absolute atomic E-state index is 12.3. The van der Waals surface area contributed by atoms with Gasteiger partial charge in [0.05, 0.1) is 6.54 Å². The molecule has 11 heteroatoms. The molecule has 1 atom stereocenters. The average Bonchev–Trinajstić information content (AvgIpc) is 3.21. The standard InChI is InChI=1S/C16H17N3O6S2/c1-19(27(22,23)15-7-4-8-26-15)9-14(20)17-18-16(21)13-10-24-11-5-2-3-6-12(11)25-13/h2-8,13H,9-10H2,1H3,(H,17,20)(H,18,21). The first kappa shape index (κ1) is 19.1. The van der Waals surface area contributed by atoms with Gasteiger partial charge in [-0.1, -0.05) is 18.2 Å². The first-order valence-corrected chi connectivity index (χ1v) is 10.2. The molecule has 3 rings (SSSR count). The highest BCUT2D eigenvalue weighted by Gasteiger charge is 2.28. The molecular formula is C16H17N3O6S2. The van der Waals surface area contributed by atoms with Crippen molar-refractivity contribution in [1.82, 2.24) is 15.2 Å². The molecule has 0 radical (unpaired) electrons. The van der Waals surface area contributed by atoms with Crippen LogP contribution in [0.25, 0.3) is 0 Å². The molecule has 1 unspecified atom stereocenters. The Balaban J connectivity index is 1.50. The summed E-state index contributed by atoms with van der Waals surface area (Å²) in [6, 6.07) is 9.97. The van der Waals surface area contributed by atoms with Crippen LogP contribution in [0.4, 0.5) is 0 Å². The van der Waals surface area contributed by atoms with E-state index in [0.29, 0.717) is 11.5 Å². The van der Waals surface area contributed by atoms with E-state index in [9.17, 15) is 18.0 Å². The average molecular weight is 411 g/mol. The van der Waals surface area contributed by atoms with Crippen LogP contribution in [0, 0.1) is 0 Å². The summed E-state index contributed by atoms with van der Waals surface area (Å²) in [4.78, 5) is 24.1. The topological polar surface area (TPSA) is 114 Å². The van der Waals surface area contributed by atoms with Gasteiger partial charge in [-0.2, -0.15) is 4.31 Å². The van der Waals surface area contributed by atoms with Crippen molar-refractivity contribution < 1.29 is 27.5 Å². The molecular weight excluding hydrogens is 394 g/mol. The predicted octanol–water partition coefficient (Wildman–Crippen LogP) is 0.356. The Morgan fingerprint density at radius 2 is 1.93 bits per heavy atom. The van der Waals surface area contributed by atoms with E-state index in [1.54, 1.807) is 35.7 Å². The Morgan fingerprint density at radius 1 is 1.19 bits per heavy atom. The molecule has 1 aliphatic rings. The Bertz CT molecular complexity index is 929. The lowest BCUT2D eigenvalue weighted by Crippen LogP contribution is -2.52. The molecule has 1 aromatic carbocycles. The number of para-hydroxylation sites is 2. The van der Waals surface area contributed by atoms with E-state index in [-0.39, 0.29) is 10.8 Å². The van der Waals surface area contributed by atoms with Crippen LogP contribution in [0.2, 0.25) is 0 Å². The minimum atomic E-state index is -3.75. The third-order valence-corrected chi connectivity index (χ3v) is 6.83. The normalized spacial score (nSPS) is 16.0. The van der Waals surface area contributed by atoms with Crippen molar-refractivity contribution in [3.05, 3.63) is 41.8 Å². The van der Waals surface area contributed by atoms with Crippen LogP contribution < -0.4 is 20.3 Å². The third-order valence-electron chi connectivity index (χ3n) is 3.65. The van der Waals surface area contributed by atoms with Crippen molar-refractivity contribution in [1.29, 1.82) is 0 Å². The molecule has 27 heavy (non-hydrogen) atoms. The highest BCUT2D eigenvalue weighted by molar-refractivity contribution is 7.91. The zero-order valence-corrected chi connectivity index (χ0v) is 15.9. The van der Waals surface area contributed by atoms with E-state index < -0.39 is 34.5 Å². The Labute approximate surface area is 159 Å². The van der Waals surface area contributed by atoms with Gasteiger partial charge in [-0.25, -0.2) is 8.42 Å². The van der Waals surface area contributed by atoms with Crippen molar-refractivity contribution in [2.75, 3.05) is 20.2 Å². The fourth-order valence-corrected chi connectivity index (χ4v) is 4.58. The Hall–Kier alpha value is -2.63. The van der Waals surface area contributed by atoms with Gasteiger partial charge in [-0.3, -0.25) is 20.4 Å². The molecule has 9 nitrogen and oxygen atoms in total. The van der Waals surface area contributed by atoms with Gasteiger partial charge in [0.2, 0.25) is 6.10 Å². The van der Waals surface area contributed by atoms with Crippen LogP contribution in [0.5, 0.6) is 11.5 Å². The van der Waals surface area contributed by atoms with Crippen LogP contribution in [0.15, 0.2) is 46.0 Å². The number of carbonyl (C=O) groups excluding carboxylic acids is 2. The second-order valence-corrected chi connectivity index (χ2v) is 8.81. The first-order valence-electron chi connectivity index (χ1n) is 7.85. The van der Waals surface area contributed by atoms with Gasteiger partial charge in [0.15, 0.2) is 11.5 Å². The number of thiophene rings is 1. The summed E-state index contributed by atoms with van der Waals surface area (Å²) in [5, 5.41) is 1.63. The zero-order chi connectivity index (χ0) is 19.4. The van der Waals surface area contributed by atoms with Gasteiger partial charge < -0.3 is 9.47 Å². The number of ether oxygens (including phenoxy) is 2. The molecule has 2 N–H and O–H groups in total. The number of likely N-dealkylation sites (N-methyl/N-ethyl adjacent to an activating group) is 1. The second kappa shape index (κ2) is 7.94. The van der Waals surface area contributed by atoms with E-state index in [0.717, 1.165) is 15.6 Å². The number of hydrazine groups is 1. The van der Waals surface area contributed by atoms with Crippen molar-refractivity contribution in [2.24, 2.45) is 0 Å². The van der Waals surface area contributed by atoms with Crippen LogP contribution >= 0.6 is 11.3 Å². The molecule has 2 aromatic rings. The maximum atomic E-state index is 12.3. The van der Waals surface area contributed by atoms with Gasteiger partial charge in [-0.15, -0.1) is 11.3 Å². The van der Waals surface area contributed by atoms with Gasteiger partial charge in [0.25, 0.3) is 21.8 Å². The molecule has 0 bridgehead atoms. The van der Waals surface area contributed by atoms with E-state index in [1.807, 2.05) is 0 Å². The number of sulfonamides is 1. The quantitative estimate of drug-likeness (QED) is 0.687. The maximum Gasteiger partial charge on any atom is 0.283 e. The second-order valence-electron chi connectivity index (χ2n) is 5.59. The predicted molar refractivity (Wildman–Crippen MR) is 96.8 cm³/mol. The minimum absolute atomic E-state index is 0.00855. The number of benzene rings is 1. The summed E-state index contributed by atoms with van der Waals surface area (Å²) in [5.74, 6) is -0.340. The highest BCUT2D eigenvalue weighted by Crippen LogP contribution is 2.30. The summed E-state index contributed by atoms with van der Waals surface area (Å²) < 4.78 is 36.5. The molecule has 0 fully saturated rings. The lowest BCUT2D eigenvalue weighted by Gasteiger charge is -2.25. The largest absolute Gasteiger partial charge is 0.485 e. The number of nitrogens with one attached hydrogen (secondary N) is 2. The van der Waals surface area contributed by atoms with Crippen molar-refractivity contribution in [3.63, 3.8) is 0 Å². The number of fused-ring (bicyclic) bond motifs is 1. The Kier molecular flexibility index (Phi) is 5.63. The molecule has 0 saturated heterocycles. The molecule has 0 aliphatic carbocycles. The number of nitrogens with zero attached hydrogens (tertiary/aromatic N) is 1. The number of hydrogen-bond acceptors (Lipinski definition) is 7. The molecule has 0 saturated carbocycles. The Morgan fingerprint density at radius 3 is 2.63 bits per heavy atom. The van der Waals surface area contributed by atoms with Gasteiger partial charge in [0, 0.05) is 7.05 Å². The fourth-order valence-electron chi connectivity index (χ4n) is 2.25. The van der Waals surface area contributed by atoms with Crippen molar-refractivity contribution in [3.8, 4) is 11.5 Å². The van der Waals surface area contributed by atoms with Gasteiger partial charge in [0.1, 0.15) is 10.8 Å². The molecule has 1 aliphatic heterocycles. The molecule has 1 aromatic heterocycles. The summed E-state index contributed by atoms with van der Waals surface area (Å²) >= 11 is 1.06. The number of hydrogen-bond donors (Lipinski definition) is 2. The molecule has 0 spiro atoms. The summed E-state index contributed by atoms with van der Waals surface area (Å²) in [5.41, 5.74) is 4.39. The smallest absolute Gasteiger partial charge is 0.283 e. The van der Waals surface area contributed by atoms with Crippen molar-refractivity contribution in [2.45, 2.75) is 10.3 Å². The van der Waals surface area contributed by atoms with E-state index in [1.165, 1.54) is 13.1 Å². The lowest BCUT2D eigenvalue weighted by molar-refractivity contribution is -0.135. The van der Waals surface area contributed by atoms with Crippen LogP contribution in [-0.2, 0) is 19.6 Å². The van der Waals surface area contributed by atoms with Crippen molar-refractivity contribution >= 4 is 33.2 Å². The SMILES string of the molecule is CN(CC(=O)NNC(=O)C1COc2ccccc2O1)S(=O)(=O)c1cccs1. The number of carbonyl (C=O) groups is 2. The highest BCUT2D eigenvalue weighted by atomic mass is 32.2. The third kappa shape index (κ3) is 4.38. The number of rotatable bonds is 5. The zero-order valence-electron chi connectivity index (χ0n) is 14.2. The lowest BCUT2D eigenvalue weighted by atomic mass is 10.2. The molecule has 2 heterocycles. The van der Waals surface area contributed by atoms with E-state index in [2.05, 4.69) is 10.9 Å². The summed E-state index contributed by atoms with van der Waals surface area (Å²) in [6.45, 7) is -0.462. The number of amides is 2. The van der Waals surface area contributed by atoms with Gasteiger partial charge >= 0.3 is 0 Å². The summed E-state index contributed by atoms with van der Waals surface area (Å²) in [6.07, 6.45) is -0.937. The van der Waals surface area contributed by atoms with E-state index >= 15 is 0 Å². The first-order chi connectivity index (χ1) is 12.9. The molecule has 144 valence electrons. The van der Waals surface area contributed by atoms with Gasteiger partial charge in [-0.05, 0) is 23.6 Å². The summed E-state index contributed by atoms with van der Waals surface area (Å²) in [7, 11) is -2.47. The van der Waals surface area contributed by atoms with Crippen LogP contribution in [-0.4, -0.2) is 50.8 Å². The van der Waals surface area contributed by atoms with Crippen LogP contribution in [0.1, 0.15) is 0 Å². The van der Waals surface area contributed by atoms with E-state index in [4.69, 9.17) is 9.47 Å². The van der Waals surface area contributed by atoms with Crippen LogP contribution in [0.3, 0.4) is 0 Å².